The first-order chi connectivity index (χ1) is 26.9. The normalized spacial score (nSPS) is 15.3. The van der Waals surface area contributed by atoms with Crippen LogP contribution in [0.25, 0.3) is 33.2 Å². The molecule has 1 atom stereocenters. The first-order valence-electron chi connectivity index (χ1n) is 18.4. The van der Waals surface area contributed by atoms with Crippen LogP contribution in [0.5, 0.6) is 11.5 Å². The van der Waals surface area contributed by atoms with Crippen LogP contribution in [0.15, 0.2) is 73.1 Å². The Bertz CT molecular complexity index is 2290. The van der Waals surface area contributed by atoms with E-state index in [2.05, 4.69) is 32.8 Å². The average molecular weight is 744 g/mol. The Morgan fingerprint density at radius 2 is 1.49 bits per heavy atom. The fourth-order valence-electron chi connectivity index (χ4n) is 6.69. The van der Waals surface area contributed by atoms with Gasteiger partial charge in [-0.2, -0.15) is 0 Å². The van der Waals surface area contributed by atoms with Gasteiger partial charge in [0.25, 0.3) is 11.8 Å². The molecule has 1 N–H and O–H groups in total. The maximum absolute atomic E-state index is 13.0. The number of aromatic nitrogens is 3. The smallest absolute Gasteiger partial charge is 0.262 e. The Labute approximate surface area is 317 Å². The molecule has 0 bridgehead atoms. The summed E-state index contributed by atoms with van der Waals surface area (Å²) in [5.41, 5.74) is 4.34. The van der Waals surface area contributed by atoms with Crippen LogP contribution in [-0.2, 0) is 26.1 Å². The van der Waals surface area contributed by atoms with E-state index in [4.69, 9.17) is 23.9 Å². The highest BCUT2D eigenvalue weighted by atomic mass is 16.5. The minimum absolute atomic E-state index is 0.0754. The van der Waals surface area contributed by atoms with Crippen molar-refractivity contribution in [2.45, 2.75) is 44.6 Å². The van der Waals surface area contributed by atoms with Crippen LogP contribution in [0, 0.1) is 11.8 Å². The van der Waals surface area contributed by atoms with Crippen LogP contribution >= 0.6 is 0 Å². The molecule has 13 nitrogen and oxygen atoms in total. The van der Waals surface area contributed by atoms with Crippen molar-refractivity contribution in [1.29, 1.82) is 0 Å². The van der Waals surface area contributed by atoms with Crippen LogP contribution < -0.4 is 14.8 Å². The van der Waals surface area contributed by atoms with E-state index in [1.807, 2.05) is 49.6 Å². The second-order valence-electron chi connectivity index (χ2n) is 13.3. The number of amides is 4. The molecule has 3 aromatic heterocycles. The molecule has 0 saturated carbocycles. The molecule has 0 radical (unpaired) electrons. The molecular weight excluding hydrogens is 702 g/mol. The van der Waals surface area contributed by atoms with E-state index in [9.17, 15) is 19.2 Å². The average Bonchev–Trinajstić information content (AvgIpc) is 3.62. The number of carbonyl (C=O) groups is 4. The summed E-state index contributed by atoms with van der Waals surface area (Å²) < 4.78 is 25.0. The number of unbranched alkanes of at least 4 members (excludes halogenated alkanes) is 2. The van der Waals surface area contributed by atoms with Crippen molar-refractivity contribution in [3.63, 3.8) is 0 Å². The quantitative estimate of drug-likeness (QED) is 0.0807. The highest BCUT2D eigenvalue weighted by Crippen LogP contribution is 2.31. The monoisotopic (exact) mass is 743 g/mol. The van der Waals surface area contributed by atoms with Gasteiger partial charge in [0.2, 0.25) is 11.8 Å². The fraction of sp³-hybridized carbons (Fsp3) is 0.333. The highest BCUT2D eigenvalue weighted by Gasteiger charge is 2.44. The van der Waals surface area contributed by atoms with Gasteiger partial charge in [0.1, 0.15) is 36.4 Å². The molecule has 1 unspecified atom stereocenters. The lowest BCUT2D eigenvalue weighted by molar-refractivity contribution is -0.136. The number of pyridine rings is 2. The summed E-state index contributed by atoms with van der Waals surface area (Å²) in [4.78, 5) is 59.7. The second-order valence-corrected chi connectivity index (χ2v) is 13.3. The minimum atomic E-state index is -0.994. The largest absolute Gasteiger partial charge is 0.494 e. The second kappa shape index (κ2) is 17.4. The lowest BCUT2D eigenvalue weighted by atomic mass is 10.0. The number of nitrogens with one attached hydrogen (secondary N) is 1. The molecule has 2 aromatic carbocycles. The van der Waals surface area contributed by atoms with Gasteiger partial charge < -0.3 is 23.5 Å². The standard InChI is InChI=1S/C42H41N5O8/c1-46-36-18-19-43-27-34(36)31-14-15-35(44-39(31)46)28-8-10-29(11-9-28)54-24-6-4-22-52-20-2-3-21-53-23-5-7-25-55-30-12-13-32-33(26-30)42(51)47(41(32)50)37-16-17-38(48)45-40(37)49/h8-15,18-19,26-27,37H,2-3,5,7,16-17,20-25H2,1H3,(H,45,48,49). The molecule has 1 fully saturated rings. The number of ether oxygens (including phenoxy) is 4. The van der Waals surface area contributed by atoms with E-state index in [1.165, 1.54) is 12.1 Å². The predicted molar refractivity (Wildman–Crippen MR) is 203 cm³/mol. The van der Waals surface area contributed by atoms with Crippen molar-refractivity contribution in [2.75, 3.05) is 39.6 Å². The molecule has 7 rings (SSSR count). The van der Waals surface area contributed by atoms with Crippen LogP contribution in [0.1, 0.15) is 59.2 Å². The Hall–Kier alpha value is -6.10. The van der Waals surface area contributed by atoms with Crippen LogP contribution in [0.3, 0.4) is 0 Å². The Kier molecular flexibility index (Phi) is 11.8. The number of fused-ring (bicyclic) bond motifs is 4. The molecule has 4 amide bonds. The fourth-order valence-corrected chi connectivity index (χ4v) is 6.69. The Morgan fingerprint density at radius 3 is 2.29 bits per heavy atom. The highest BCUT2D eigenvalue weighted by molar-refractivity contribution is 6.23. The zero-order valence-electron chi connectivity index (χ0n) is 30.5. The van der Waals surface area contributed by atoms with Gasteiger partial charge in [0, 0.05) is 62.0 Å². The van der Waals surface area contributed by atoms with Gasteiger partial charge in [-0.3, -0.25) is 34.4 Å². The maximum Gasteiger partial charge on any atom is 0.262 e. The number of rotatable bonds is 16. The maximum atomic E-state index is 13.0. The van der Waals surface area contributed by atoms with E-state index in [1.54, 1.807) is 12.3 Å². The summed E-state index contributed by atoms with van der Waals surface area (Å²) in [7, 11) is 2.02. The molecule has 0 aliphatic carbocycles. The van der Waals surface area contributed by atoms with E-state index in [0.717, 1.165) is 69.5 Å². The summed E-state index contributed by atoms with van der Waals surface area (Å²) in [5, 5.41) is 4.37. The van der Waals surface area contributed by atoms with Gasteiger partial charge >= 0.3 is 0 Å². The summed E-state index contributed by atoms with van der Waals surface area (Å²) >= 11 is 0. The van der Waals surface area contributed by atoms with Gasteiger partial charge in [-0.25, -0.2) is 4.98 Å². The molecular formula is C42H41N5O8. The van der Waals surface area contributed by atoms with Crippen LogP contribution in [0.2, 0.25) is 0 Å². The number of hydrogen-bond donors (Lipinski definition) is 1. The van der Waals surface area contributed by atoms with Crippen LogP contribution in [0.4, 0.5) is 0 Å². The van der Waals surface area contributed by atoms with Crippen LogP contribution in [-0.4, -0.2) is 88.7 Å². The van der Waals surface area contributed by atoms with E-state index in [-0.39, 0.29) is 30.6 Å². The number of nitrogens with zero attached hydrogens (tertiary/aromatic N) is 4. The molecule has 5 aromatic rings. The van der Waals surface area contributed by atoms with Gasteiger partial charge in [-0.1, -0.05) is 11.8 Å². The lowest BCUT2D eigenvalue weighted by Crippen LogP contribution is -2.54. The molecule has 2 aliphatic heterocycles. The Morgan fingerprint density at radius 1 is 0.764 bits per heavy atom. The summed E-state index contributed by atoms with van der Waals surface area (Å²) in [6.07, 6.45) is 7.17. The van der Waals surface area contributed by atoms with Crippen molar-refractivity contribution >= 4 is 45.6 Å². The zero-order valence-corrected chi connectivity index (χ0v) is 30.5. The topological polar surface area (TPSA) is 151 Å². The first-order valence-corrected chi connectivity index (χ1v) is 18.4. The van der Waals surface area contributed by atoms with E-state index >= 15 is 0 Å². The van der Waals surface area contributed by atoms with Crippen molar-refractivity contribution in [2.24, 2.45) is 7.05 Å². The van der Waals surface area contributed by atoms with E-state index < -0.39 is 29.7 Å². The molecule has 13 heteroatoms. The number of aryl methyl sites for hydroxylation is 1. The summed E-state index contributed by atoms with van der Waals surface area (Å²) in [6.45, 7) is 2.88. The van der Waals surface area contributed by atoms with Crippen molar-refractivity contribution in [3.8, 4) is 34.6 Å². The SMILES string of the molecule is Cn1c2ccncc2c2ccc(-c3ccc(OCC#CCOCCCCOCCCCOc4ccc5c(c4)C(=O)N(C4CCC(=O)NC4=O)C5=O)cc3)nc21. The van der Waals surface area contributed by atoms with Crippen molar-refractivity contribution < 1.29 is 38.1 Å². The molecule has 5 heterocycles. The molecule has 55 heavy (non-hydrogen) atoms. The molecule has 1 saturated heterocycles. The van der Waals surface area contributed by atoms with Crippen molar-refractivity contribution in [1.82, 2.24) is 24.8 Å². The number of piperidine rings is 1. The number of carbonyl (C=O) groups excluding carboxylic acids is 4. The van der Waals surface area contributed by atoms with Gasteiger partial charge in [-0.15, -0.1) is 0 Å². The number of hydrogen-bond acceptors (Lipinski definition) is 10. The third kappa shape index (κ3) is 8.51. The first kappa shape index (κ1) is 37.2. The Balaban J connectivity index is 0.712. The predicted octanol–water partition coefficient (Wildman–Crippen LogP) is 5.24. The minimum Gasteiger partial charge on any atom is -0.494 e. The molecule has 2 aliphatic rings. The molecule has 282 valence electrons. The molecule has 0 spiro atoms. The number of benzene rings is 2. The third-order valence-corrected chi connectivity index (χ3v) is 9.59. The van der Waals surface area contributed by atoms with Crippen molar-refractivity contribution in [3.05, 3.63) is 84.2 Å². The summed E-state index contributed by atoms with van der Waals surface area (Å²) in [5.74, 6) is 5.04. The van der Waals surface area contributed by atoms with Gasteiger partial charge in [0.15, 0.2) is 0 Å². The summed E-state index contributed by atoms with van der Waals surface area (Å²) in [6, 6.07) is 17.7. The third-order valence-electron chi connectivity index (χ3n) is 9.59. The zero-order chi connectivity index (χ0) is 38.1. The van der Waals surface area contributed by atoms with E-state index in [0.29, 0.717) is 38.8 Å². The lowest BCUT2D eigenvalue weighted by Gasteiger charge is -2.27. The van der Waals surface area contributed by atoms with Gasteiger partial charge in [0.05, 0.1) is 28.9 Å². The van der Waals surface area contributed by atoms with Gasteiger partial charge in [-0.05, 0) is 92.8 Å². The number of imide groups is 2.